The van der Waals surface area contributed by atoms with Crippen molar-refractivity contribution in [2.45, 2.75) is 66.8 Å². The monoisotopic (exact) mass is 260 g/mol. The highest BCUT2D eigenvalue weighted by Crippen LogP contribution is 2.29. The van der Waals surface area contributed by atoms with Gasteiger partial charge in [0.2, 0.25) is 0 Å². The van der Waals surface area contributed by atoms with Crippen LogP contribution >= 0.6 is 0 Å². The van der Waals surface area contributed by atoms with E-state index in [0.717, 1.165) is 12.3 Å². The third kappa shape index (κ3) is 6.72. The fourth-order valence-corrected chi connectivity index (χ4v) is 2.33. The van der Waals surface area contributed by atoms with E-state index < -0.39 is 5.97 Å². The molecular weight excluding hydrogens is 228 g/mol. The van der Waals surface area contributed by atoms with Gasteiger partial charge in [0.05, 0.1) is 0 Å². The summed E-state index contributed by atoms with van der Waals surface area (Å²) in [5.41, 5.74) is 0. The van der Waals surface area contributed by atoms with Crippen molar-refractivity contribution in [1.29, 1.82) is 0 Å². The van der Waals surface area contributed by atoms with E-state index in [0.29, 0.717) is 25.7 Å². The molecule has 0 saturated heterocycles. The lowest BCUT2D eigenvalue weighted by molar-refractivity contribution is -0.383. The Balaban J connectivity index is 4.52. The number of ether oxygens (including phenoxy) is 3. The molecule has 0 aromatic heterocycles. The van der Waals surface area contributed by atoms with Gasteiger partial charge in [-0.3, -0.25) is 0 Å². The number of hydrogen-bond donors (Lipinski definition) is 0. The summed E-state index contributed by atoms with van der Waals surface area (Å²) in [5.74, 6) is 0.428. The van der Waals surface area contributed by atoms with E-state index in [1.165, 1.54) is 12.8 Å². The van der Waals surface area contributed by atoms with Crippen LogP contribution < -0.4 is 0 Å². The molecule has 0 aromatic rings. The van der Waals surface area contributed by atoms with Gasteiger partial charge in [-0.2, -0.15) is 0 Å². The lowest BCUT2D eigenvalue weighted by Gasteiger charge is -2.34. The van der Waals surface area contributed by atoms with Crippen LogP contribution in [0.5, 0.6) is 0 Å². The summed E-state index contributed by atoms with van der Waals surface area (Å²) in [4.78, 5) is 0. The molecule has 0 N–H and O–H groups in total. The van der Waals surface area contributed by atoms with Gasteiger partial charge in [0.15, 0.2) is 0 Å². The minimum atomic E-state index is -0.842. The first-order chi connectivity index (χ1) is 8.53. The van der Waals surface area contributed by atoms with Crippen LogP contribution in [0.1, 0.15) is 60.8 Å². The summed E-state index contributed by atoms with van der Waals surface area (Å²) >= 11 is 0. The number of rotatable bonds is 11. The van der Waals surface area contributed by atoms with Crippen LogP contribution in [0, 0.1) is 11.8 Å². The predicted octanol–water partition coefficient (Wildman–Crippen LogP) is 4.21. The van der Waals surface area contributed by atoms with E-state index in [-0.39, 0.29) is 0 Å². The average Bonchev–Trinajstić information content (AvgIpc) is 2.29. The molecule has 18 heavy (non-hydrogen) atoms. The fraction of sp³-hybridized carbons (Fsp3) is 1.00. The zero-order valence-electron chi connectivity index (χ0n) is 13.1. The first-order valence-electron chi connectivity index (χ1n) is 7.45. The van der Waals surface area contributed by atoms with E-state index in [9.17, 15) is 0 Å². The Kier molecular flexibility index (Phi) is 9.70. The summed E-state index contributed by atoms with van der Waals surface area (Å²) in [7, 11) is 0. The van der Waals surface area contributed by atoms with Crippen molar-refractivity contribution in [1.82, 2.24) is 0 Å². The highest BCUT2D eigenvalue weighted by atomic mass is 16.9. The SMILES string of the molecule is CCOC(CC(C)CC(C)CC)(OCC)OCC. The van der Waals surface area contributed by atoms with Crippen molar-refractivity contribution in [3.8, 4) is 0 Å². The van der Waals surface area contributed by atoms with E-state index >= 15 is 0 Å². The highest BCUT2D eigenvalue weighted by molar-refractivity contribution is 4.66. The van der Waals surface area contributed by atoms with Crippen molar-refractivity contribution in [2.24, 2.45) is 11.8 Å². The summed E-state index contributed by atoms with van der Waals surface area (Å²) in [6, 6.07) is 0. The van der Waals surface area contributed by atoms with Gasteiger partial charge in [0.1, 0.15) is 0 Å². The van der Waals surface area contributed by atoms with Crippen molar-refractivity contribution < 1.29 is 14.2 Å². The predicted molar refractivity (Wildman–Crippen MR) is 75.5 cm³/mol. The molecule has 0 rings (SSSR count). The van der Waals surface area contributed by atoms with Crippen LogP contribution in [0.2, 0.25) is 0 Å². The summed E-state index contributed by atoms with van der Waals surface area (Å²) < 4.78 is 17.3. The molecule has 0 radical (unpaired) electrons. The van der Waals surface area contributed by atoms with Crippen molar-refractivity contribution in [2.75, 3.05) is 19.8 Å². The molecule has 0 aliphatic rings. The van der Waals surface area contributed by atoms with Gasteiger partial charge >= 0.3 is 0 Å². The lowest BCUT2D eigenvalue weighted by atomic mass is 9.92. The maximum atomic E-state index is 5.75. The van der Waals surface area contributed by atoms with Crippen molar-refractivity contribution >= 4 is 0 Å². The Morgan fingerprint density at radius 2 is 1.22 bits per heavy atom. The Labute approximate surface area is 113 Å². The topological polar surface area (TPSA) is 27.7 Å². The van der Waals surface area contributed by atoms with Gasteiger partial charge in [-0.05, 0) is 39.0 Å². The standard InChI is InChI=1S/C15H32O3/c1-7-13(5)11-14(6)12-15(16-8-2,17-9-3)18-10-4/h13-14H,7-12H2,1-6H3. The van der Waals surface area contributed by atoms with Crippen LogP contribution in [-0.2, 0) is 14.2 Å². The van der Waals surface area contributed by atoms with Crippen molar-refractivity contribution in [3.05, 3.63) is 0 Å². The molecule has 0 amide bonds. The minimum absolute atomic E-state index is 0.532. The zero-order chi connectivity index (χ0) is 14.0. The largest absolute Gasteiger partial charge is 0.328 e. The highest BCUT2D eigenvalue weighted by Gasteiger charge is 2.34. The molecule has 0 bridgehead atoms. The van der Waals surface area contributed by atoms with E-state index in [1.54, 1.807) is 0 Å². The second kappa shape index (κ2) is 9.76. The quantitative estimate of drug-likeness (QED) is 0.521. The summed E-state index contributed by atoms with van der Waals surface area (Å²) in [6.45, 7) is 14.5. The Bertz CT molecular complexity index is 177. The molecule has 0 saturated carbocycles. The Morgan fingerprint density at radius 1 is 0.778 bits per heavy atom. The second-order valence-electron chi connectivity index (χ2n) is 5.04. The van der Waals surface area contributed by atoms with Crippen LogP contribution in [0.3, 0.4) is 0 Å². The van der Waals surface area contributed by atoms with Crippen LogP contribution in [0.15, 0.2) is 0 Å². The maximum absolute atomic E-state index is 5.75. The van der Waals surface area contributed by atoms with Gasteiger partial charge in [-0.25, -0.2) is 0 Å². The van der Waals surface area contributed by atoms with E-state index in [1.807, 2.05) is 20.8 Å². The maximum Gasteiger partial charge on any atom is 0.283 e. The van der Waals surface area contributed by atoms with Gasteiger partial charge in [0, 0.05) is 26.2 Å². The first-order valence-corrected chi connectivity index (χ1v) is 7.45. The number of hydrogen-bond acceptors (Lipinski definition) is 3. The third-order valence-corrected chi connectivity index (χ3v) is 3.19. The molecule has 0 aromatic carbocycles. The van der Waals surface area contributed by atoms with Crippen LogP contribution in [0.25, 0.3) is 0 Å². The first kappa shape index (κ1) is 17.9. The van der Waals surface area contributed by atoms with Crippen molar-refractivity contribution in [3.63, 3.8) is 0 Å². The van der Waals surface area contributed by atoms with E-state index in [4.69, 9.17) is 14.2 Å². The Morgan fingerprint density at radius 3 is 1.56 bits per heavy atom. The molecule has 2 unspecified atom stereocenters. The molecule has 0 aliphatic heterocycles. The van der Waals surface area contributed by atoms with E-state index in [2.05, 4.69) is 20.8 Å². The molecular formula is C15H32O3. The Hall–Kier alpha value is -0.120. The molecule has 110 valence electrons. The molecule has 0 aliphatic carbocycles. The fourth-order valence-electron chi connectivity index (χ4n) is 2.33. The normalized spacial score (nSPS) is 15.7. The molecule has 2 atom stereocenters. The molecule has 3 nitrogen and oxygen atoms in total. The van der Waals surface area contributed by atoms with Gasteiger partial charge in [-0.1, -0.05) is 27.2 Å². The summed E-state index contributed by atoms with van der Waals surface area (Å²) in [6.07, 6.45) is 3.20. The van der Waals surface area contributed by atoms with Gasteiger partial charge in [-0.15, -0.1) is 0 Å². The van der Waals surface area contributed by atoms with Crippen LogP contribution in [-0.4, -0.2) is 25.8 Å². The molecule has 0 spiro atoms. The zero-order valence-corrected chi connectivity index (χ0v) is 13.1. The van der Waals surface area contributed by atoms with Gasteiger partial charge < -0.3 is 14.2 Å². The molecule has 3 heteroatoms. The second-order valence-corrected chi connectivity index (χ2v) is 5.04. The molecule has 0 fully saturated rings. The summed E-state index contributed by atoms with van der Waals surface area (Å²) in [5, 5.41) is 0. The smallest absolute Gasteiger partial charge is 0.283 e. The lowest BCUT2D eigenvalue weighted by Crippen LogP contribution is -2.41. The van der Waals surface area contributed by atoms with Crippen LogP contribution in [0.4, 0.5) is 0 Å². The molecule has 0 heterocycles. The third-order valence-electron chi connectivity index (χ3n) is 3.19. The van der Waals surface area contributed by atoms with Gasteiger partial charge in [0.25, 0.3) is 5.97 Å². The minimum Gasteiger partial charge on any atom is -0.328 e. The average molecular weight is 260 g/mol.